The van der Waals surface area contributed by atoms with Crippen LogP contribution in [-0.2, 0) is 9.53 Å². The van der Waals surface area contributed by atoms with E-state index in [9.17, 15) is 35.9 Å². The van der Waals surface area contributed by atoms with E-state index < -0.39 is 48.4 Å². The van der Waals surface area contributed by atoms with E-state index >= 15 is 0 Å². The molecule has 242 valence electrons. The van der Waals surface area contributed by atoms with E-state index in [0.717, 1.165) is 20.0 Å². The van der Waals surface area contributed by atoms with Crippen LogP contribution in [0.15, 0.2) is 36.5 Å². The third kappa shape index (κ3) is 8.04. The minimum Gasteiger partial charge on any atom is -0.474 e. The molecule has 2 aliphatic heterocycles. The second-order valence-corrected chi connectivity index (χ2v) is 11.4. The van der Waals surface area contributed by atoms with Gasteiger partial charge in [0.15, 0.2) is 23.2 Å². The first-order valence-electron chi connectivity index (χ1n) is 14.0. The SMILES string of the molecule is COC(CNC(=O)c1ccc(N2C3CCC2CC(NC(=O)C(C)(C)Oc2ccc(C)cc2OC(F)(F)F)C3)nc1)C(F)(F)F. The lowest BCUT2D eigenvalue weighted by Gasteiger charge is -2.40. The number of amides is 2. The Balaban J connectivity index is 1.35. The Kier molecular flexibility index (Phi) is 9.57. The molecule has 2 aliphatic rings. The zero-order valence-corrected chi connectivity index (χ0v) is 24.5. The van der Waals surface area contributed by atoms with Gasteiger partial charge in [-0.15, -0.1) is 13.2 Å². The van der Waals surface area contributed by atoms with Crippen molar-refractivity contribution >= 4 is 17.6 Å². The van der Waals surface area contributed by atoms with Crippen LogP contribution < -0.4 is 25.0 Å². The maximum absolute atomic E-state index is 13.2. The lowest BCUT2D eigenvalue weighted by Crippen LogP contribution is -2.55. The minimum atomic E-state index is -4.93. The molecule has 0 radical (unpaired) electrons. The fourth-order valence-electron chi connectivity index (χ4n) is 5.55. The predicted octanol–water partition coefficient (Wildman–Crippen LogP) is 5.07. The van der Waals surface area contributed by atoms with Crippen LogP contribution in [0.1, 0.15) is 55.5 Å². The largest absolute Gasteiger partial charge is 0.573 e. The predicted molar refractivity (Wildman–Crippen MR) is 146 cm³/mol. The average molecular weight is 633 g/mol. The van der Waals surface area contributed by atoms with Crippen LogP contribution in [0.4, 0.5) is 32.2 Å². The molecule has 2 bridgehead atoms. The molecular weight excluding hydrogens is 598 g/mol. The zero-order chi connectivity index (χ0) is 32.4. The van der Waals surface area contributed by atoms with E-state index in [-0.39, 0.29) is 29.4 Å². The Morgan fingerprint density at radius 2 is 1.66 bits per heavy atom. The summed E-state index contributed by atoms with van der Waals surface area (Å²) in [5, 5.41) is 5.18. The lowest BCUT2D eigenvalue weighted by molar-refractivity contribution is -0.275. The van der Waals surface area contributed by atoms with Crippen molar-refractivity contribution in [1.29, 1.82) is 0 Å². The standard InChI is InChI=1S/C29H34F6N4O5/c1-16-5-9-21(22(11-16)44-29(33,34)35)43-27(2,3)26(41)38-18-12-19-7-8-20(13-18)39(19)24-10-6-17(14-36-24)25(40)37-15-23(42-4)28(30,31)32/h5-6,9-11,14,18-20,23H,7-8,12-13,15H2,1-4H3,(H,37,40)(H,38,41). The first-order chi connectivity index (χ1) is 20.5. The number of fused-ring (bicyclic) bond motifs is 2. The van der Waals surface area contributed by atoms with Crippen LogP contribution >= 0.6 is 0 Å². The molecule has 2 fully saturated rings. The number of methoxy groups -OCH3 is 1. The molecule has 3 atom stereocenters. The number of aryl methyl sites for hydroxylation is 1. The molecular formula is C29H34F6N4O5. The molecule has 15 heteroatoms. The summed E-state index contributed by atoms with van der Waals surface area (Å²) in [6, 6.07) is 7.00. The van der Waals surface area contributed by atoms with Crippen LogP contribution in [-0.4, -0.2) is 72.8 Å². The molecule has 44 heavy (non-hydrogen) atoms. The van der Waals surface area contributed by atoms with Gasteiger partial charge in [-0.05, 0) is 76.3 Å². The number of aromatic nitrogens is 1. The third-order valence-electron chi connectivity index (χ3n) is 7.68. The molecule has 3 heterocycles. The van der Waals surface area contributed by atoms with E-state index in [1.165, 1.54) is 38.2 Å². The van der Waals surface area contributed by atoms with Crippen molar-refractivity contribution in [3.63, 3.8) is 0 Å². The summed E-state index contributed by atoms with van der Waals surface area (Å²) in [4.78, 5) is 32.1. The number of alkyl halides is 6. The number of anilines is 1. The molecule has 2 amide bonds. The number of piperidine rings is 1. The van der Waals surface area contributed by atoms with Gasteiger partial charge >= 0.3 is 12.5 Å². The summed E-state index contributed by atoms with van der Waals surface area (Å²) in [7, 11) is 0.913. The van der Waals surface area contributed by atoms with Gasteiger partial charge < -0.3 is 29.7 Å². The number of benzene rings is 1. The van der Waals surface area contributed by atoms with Gasteiger partial charge in [-0.1, -0.05) is 6.07 Å². The highest BCUT2D eigenvalue weighted by Crippen LogP contribution is 2.39. The van der Waals surface area contributed by atoms with Crippen molar-refractivity contribution in [2.45, 2.75) is 88.8 Å². The topological polar surface area (TPSA) is 102 Å². The smallest absolute Gasteiger partial charge is 0.474 e. The van der Waals surface area contributed by atoms with Crippen LogP contribution in [0.3, 0.4) is 0 Å². The van der Waals surface area contributed by atoms with Gasteiger partial charge in [0, 0.05) is 31.4 Å². The molecule has 2 aromatic rings. The summed E-state index contributed by atoms with van der Waals surface area (Å²) < 4.78 is 91.6. The number of hydrogen-bond acceptors (Lipinski definition) is 7. The van der Waals surface area contributed by atoms with E-state index in [1.807, 2.05) is 0 Å². The van der Waals surface area contributed by atoms with Crippen molar-refractivity contribution in [3.05, 3.63) is 47.7 Å². The van der Waals surface area contributed by atoms with Crippen molar-refractivity contribution in [2.75, 3.05) is 18.6 Å². The van der Waals surface area contributed by atoms with Gasteiger partial charge in [0.1, 0.15) is 5.82 Å². The monoisotopic (exact) mass is 632 g/mol. The molecule has 2 N–H and O–H groups in total. The zero-order valence-electron chi connectivity index (χ0n) is 24.5. The van der Waals surface area contributed by atoms with Crippen LogP contribution in [0.5, 0.6) is 11.5 Å². The highest BCUT2D eigenvalue weighted by atomic mass is 19.4. The summed E-state index contributed by atoms with van der Waals surface area (Å²) in [5.41, 5.74) is -0.897. The third-order valence-corrected chi connectivity index (χ3v) is 7.68. The second kappa shape index (κ2) is 12.7. The van der Waals surface area contributed by atoms with Gasteiger partial charge in [-0.25, -0.2) is 4.98 Å². The summed E-state index contributed by atoms with van der Waals surface area (Å²) in [6.45, 7) is 3.79. The Bertz CT molecular complexity index is 1320. The highest BCUT2D eigenvalue weighted by molar-refractivity contribution is 5.94. The van der Waals surface area contributed by atoms with Crippen LogP contribution in [0.2, 0.25) is 0 Å². The van der Waals surface area contributed by atoms with Gasteiger partial charge in [-0.3, -0.25) is 9.59 Å². The summed E-state index contributed by atoms with van der Waals surface area (Å²) in [6.07, 6.45) is -7.57. The van der Waals surface area contributed by atoms with Crippen molar-refractivity contribution in [2.24, 2.45) is 0 Å². The van der Waals surface area contributed by atoms with Crippen molar-refractivity contribution < 1.29 is 50.1 Å². The average Bonchev–Trinajstić information content (AvgIpc) is 3.18. The van der Waals surface area contributed by atoms with E-state index in [1.54, 1.807) is 19.1 Å². The number of nitrogens with one attached hydrogen (secondary N) is 2. The number of pyridine rings is 1. The van der Waals surface area contributed by atoms with Gasteiger partial charge in [-0.2, -0.15) is 13.2 Å². The molecule has 2 saturated heterocycles. The minimum absolute atomic E-state index is 0.0217. The lowest BCUT2D eigenvalue weighted by atomic mass is 9.96. The molecule has 1 aromatic heterocycles. The fraction of sp³-hybridized carbons (Fsp3) is 0.552. The highest BCUT2D eigenvalue weighted by Gasteiger charge is 2.44. The van der Waals surface area contributed by atoms with E-state index in [2.05, 4.69) is 30.0 Å². The normalized spacial score (nSPS) is 21.0. The summed E-state index contributed by atoms with van der Waals surface area (Å²) >= 11 is 0. The Morgan fingerprint density at radius 1 is 1.00 bits per heavy atom. The molecule has 0 saturated carbocycles. The number of carbonyl (C=O) groups excluding carboxylic acids is 2. The Morgan fingerprint density at radius 3 is 2.20 bits per heavy atom. The summed E-state index contributed by atoms with van der Waals surface area (Å²) in [5.74, 6) is -1.37. The number of rotatable bonds is 10. The van der Waals surface area contributed by atoms with Gasteiger partial charge in [0.25, 0.3) is 11.8 Å². The molecule has 4 rings (SSSR count). The van der Waals surface area contributed by atoms with E-state index in [4.69, 9.17) is 4.74 Å². The molecule has 3 unspecified atom stereocenters. The quantitative estimate of drug-likeness (QED) is 0.353. The van der Waals surface area contributed by atoms with Crippen molar-refractivity contribution in [1.82, 2.24) is 15.6 Å². The Hall–Kier alpha value is -3.75. The van der Waals surface area contributed by atoms with Crippen LogP contribution in [0.25, 0.3) is 0 Å². The van der Waals surface area contributed by atoms with E-state index in [0.29, 0.717) is 24.2 Å². The molecule has 0 aliphatic carbocycles. The number of carbonyl (C=O) groups is 2. The number of hydrogen-bond donors (Lipinski definition) is 2. The first-order valence-corrected chi connectivity index (χ1v) is 14.0. The van der Waals surface area contributed by atoms with Gasteiger partial charge in [0.2, 0.25) is 0 Å². The molecule has 0 spiro atoms. The number of ether oxygens (including phenoxy) is 3. The van der Waals surface area contributed by atoms with Crippen molar-refractivity contribution in [3.8, 4) is 11.5 Å². The number of halogens is 6. The first kappa shape index (κ1) is 33.1. The van der Waals surface area contributed by atoms with Gasteiger partial charge in [0.05, 0.1) is 12.1 Å². The Labute approximate surface area is 250 Å². The van der Waals surface area contributed by atoms with Crippen LogP contribution in [0, 0.1) is 6.92 Å². The maximum Gasteiger partial charge on any atom is 0.573 e. The molecule has 1 aromatic carbocycles. The maximum atomic E-state index is 13.2. The fourth-order valence-corrected chi connectivity index (χ4v) is 5.55. The second-order valence-electron chi connectivity index (χ2n) is 11.4. The molecule has 9 nitrogen and oxygen atoms in total. The number of nitrogens with zero attached hydrogens (tertiary/aromatic N) is 2.